The summed E-state index contributed by atoms with van der Waals surface area (Å²) >= 11 is 0. The van der Waals surface area contributed by atoms with E-state index in [1.807, 2.05) is 6.92 Å². The minimum atomic E-state index is -0.393. The van der Waals surface area contributed by atoms with Crippen LogP contribution in [-0.2, 0) is 16.6 Å². The lowest BCUT2D eigenvalue weighted by Crippen LogP contribution is -2.23. The Labute approximate surface area is 128 Å². The lowest BCUT2D eigenvalue weighted by atomic mass is 10.2. The molecule has 1 aromatic carbocycles. The molecule has 0 radical (unpaired) electrons. The first-order chi connectivity index (χ1) is 10.5. The normalized spacial score (nSPS) is 10.1. The predicted molar refractivity (Wildman–Crippen MR) is 82.8 cm³/mol. The quantitative estimate of drug-likeness (QED) is 0.819. The highest BCUT2D eigenvalue weighted by Crippen LogP contribution is 2.11. The van der Waals surface area contributed by atoms with E-state index in [9.17, 15) is 9.59 Å². The van der Waals surface area contributed by atoms with Gasteiger partial charge in [-0.3, -0.25) is 9.48 Å². The molecule has 1 aromatic heterocycles. The van der Waals surface area contributed by atoms with E-state index in [0.717, 1.165) is 11.4 Å². The molecule has 0 aliphatic carbocycles. The molecule has 0 saturated heterocycles. The van der Waals surface area contributed by atoms with Crippen LogP contribution in [0, 0.1) is 6.92 Å². The van der Waals surface area contributed by atoms with Crippen molar-refractivity contribution in [2.75, 3.05) is 24.3 Å². The summed E-state index contributed by atoms with van der Waals surface area (Å²) in [4.78, 5) is 23.2. The van der Waals surface area contributed by atoms with Crippen molar-refractivity contribution >= 4 is 23.4 Å². The van der Waals surface area contributed by atoms with Crippen molar-refractivity contribution in [3.63, 3.8) is 0 Å². The maximum absolute atomic E-state index is 11.9. The summed E-state index contributed by atoms with van der Waals surface area (Å²) in [5.41, 5.74) is 2.04. The summed E-state index contributed by atoms with van der Waals surface area (Å²) in [7, 11) is 3.10. The van der Waals surface area contributed by atoms with Crippen molar-refractivity contribution < 1.29 is 14.3 Å². The van der Waals surface area contributed by atoms with E-state index < -0.39 is 5.97 Å². The Morgan fingerprint density at radius 2 is 1.95 bits per heavy atom. The van der Waals surface area contributed by atoms with Crippen molar-refractivity contribution in [3.05, 3.63) is 41.6 Å². The van der Waals surface area contributed by atoms with Crippen LogP contribution >= 0.6 is 0 Å². The van der Waals surface area contributed by atoms with Gasteiger partial charge in [-0.05, 0) is 31.2 Å². The van der Waals surface area contributed by atoms with Crippen molar-refractivity contribution in [2.24, 2.45) is 7.05 Å². The van der Waals surface area contributed by atoms with Crippen LogP contribution in [0.3, 0.4) is 0 Å². The van der Waals surface area contributed by atoms with Crippen LogP contribution in [-0.4, -0.2) is 35.3 Å². The zero-order valence-corrected chi connectivity index (χ0v) is 12.7. The van der Waals surface area contributed by atoms with E-state index in [1.54, 1.807) is 42.1 Å². The van der Waals surface area contributed by atoms with Gasteiger partial charge in [-0.25, -0.2) is 4.79 Å². The number of benzene rings is 1. The first-order valence-electron chi connectivity index (χ1n) is 6.72. The number of nitrogens with one attached hydrogen (secondary N) is 2. The van der Waals surface area contributed by atoms with Gasteiger partial charge < -0.3 is 15.4 Å². The molecule has 1 amide bonds. The number of methoxy groups -OCH3 is 1. The summed E-state index contributed by atoms with van der Waals surface area (Å²) in [6, 6.07) is 8.50. The highest BCUT2D eigenvalue weighted by atomic mass is 16.5. The number of aromatic nitrogens is 2. The third-order valence-electron chi connectivity index (χ3n) is 3.03. The second-order valence-electron chi connectivity index (χ2n) is 4.77. The number of esters is 1. The molecular formula is C15H18N4O3. The number of hydrogen-bond acceptors (Lipinski definition) is 5. The van der Waals surface area contributed by atoms with Crippen molar-refractivity contribution in [1.82, 2.24) is 9.78 Å². The van der Waals surface area contributed by atoms with Gasteiger partial charge in [0.25, 0.3) is 0 Å². The topological polar surface area (TPSA) is 85.2 Å². The standard InChI is InChI=1S/C15H18N4O3/c1-10-8-13(19(2)18-10)17-14(20)9-16-12-6-4-11(5-7-12)15(21)22-3/h4-8,16H,9H2,1-3H3,(H,17,20). The Kier molecular flexibility index (Phi) is 4.77. The lowest BCUT2D eigenvalue weighted by molar-refractivity contribution is -0.114. The average Bonchev–Trinajstić information content (AvgIpc) is 2.82. The molecule has 0 bridgehead atoms. The number of hydrogen-bond donors (Lipinski definition) is 2. The number of ether oxygens (including phenoxy) is 1. The van der Waals surface area contributed by atoms with Crippen LogP contribution in [0.4, 0.5) is 11.5 Å². The summed E-state index contributed by atoms with van der Waals surface area (Å²) in [5, 5.41) is 9.90. The SMILES string of the molecule is COC(=O)c1ccc(NCC(=O)Nc2cc(C)nn2C)cc1. The van der Waals surface area contributed by atoms with Crippen LogP contribution in [0.15, 0.2) is 30.3 Å². The van der Waals surface area contributed by atoms with E-state index in [1.165, 1.54) is 7.11 Å². The van der Waals surface area contributed by atoms with Crippen LogP contribution in [0.25, 0.3) is 0 Å². The number of nitrogens with zero attached hydrogens (tertiary/aromatic N) is 2. The minimum absolute atomic E-state index is 0.113. The largest absolute Gasteiger partial charge is 0.465 e. The van der Waals surface area contributed by atoms with Gasteiger partial charge in [-0.15, -0.1) is 0 Å². The predicted octanol–water partition coefficient (Wildman–Crippen LogP) is 1.57. The molecule has 7 heteroatoms. The molecule has 116 valence electrons. The van der Waals surface area contributed by atoms with Crippen LogP contribution < -0.4 is 10.6 Å². The van der Waals surface area contributed by atoms with Gasteiger partial charge in [0.1, 0.15) is 5.82 Å². The van der Waals surface area contributed by atoms with E-state index in [2.05, 4.69) is 20.5 Å². The average molecular weight is 302 g/mol. The van der Waals surface area contributed by atoms with Gasteiger partial charge in [0.15, 0.2) is 0 Å². The van der Waals surface area contributed by atoms with Crippen LogP contribution in [0.1, 0.15) is 16.1 Å². The molecular weight excluding hydrogens is 284 g/mol. The highest BCUT2D eigenvalue weighted by Gasteiger charge is 2.08. The number of carbonyl (C=O) groups is 2. The summed E-state index contributed by atoms with van der Waals surface area (Å²) < 4.78 is 6.23. The second kappa shape index (κ2) is 6.75. The lowest BCUT2D eigenvalue weighted by Gasteiger charge is -2.08. The smallest absolute Gasteiger partial charge is 0.337 e. The molecule has 0 aliphatic rings. The Hall–Kier alpha value is -2.83. The molecule has 7 nitrogen and oxygen atoms in total. The van der Waals surface area contributed by atoms with Crippen molar-refractivity contribution in [1.29, 1.82) is 0 Å². The van der Waals surface area contributed by atoms with Gasteiger partial charge in [0.2, 0.25) is 5.91 Å². The number of carbonyl (C=O) groups excluding carboxylic acids is 2. The molecule has 0 spiro atoms. The number of anilines is 2. The molecule has 0 aliphatic heterocycles. The first-order valence-corrected chi connectivity index (χ1v) is 6.72. The van der Waals surface area contributed by atoms with Gasteiger partial charge in [-0.2, -0.15) is 5.10 Å². The molecule has 22 heavy (non-hydrogen) atoms. The first kappa shape index (κ1) is 15.6. The zero-order valence-electron chi connectivity index (χ0n) is 12.7. The maximum atomic E-state index is 11.9. The van der Waals surface area contributed by atoms with Gasteiger partial charge in [0, 0.05) is 18.8 Å². The van der Waals surface area contributed by atoms with E-state index in [0.29, 0.717) is 11.4 Å². The highest BCUT2D eigenvalue weighted by molar-refractivity contribution is 5.93. The van der Waals surface area contributed by atoms with Crippen LogP contribution in [0.5, 0.6) is 0 Å². The van der Waals surface area contributed by atoms with Gasteiger partial charge >= 0.3 is 5.97 Å². The summed E-state index contributed by atoms with van der Waals surface area (Å²) in [5.74, 6) is 0.0706. The van der Waals surface area contributed by atoms with Gasteiger partial charge in [-0.1, -0.05) is 0 Å². The van der Waals surface area contributed by atoms with E-state index in [4.69, 9.17) is 0 Å². The molecule has 0 saturated carbocycles. The third kappa shape index (κ3) is 3.85. The second-order valence-corrected chi connectivity index (χ2v) is 4.77. The van der Waals surface area contributed by atoms with Gasteiger partial charge in [0.05, 0.1) is 24.9 Å². The Bertz CT molecular complexity index is 677. The van der Waals surface area contributed by atoms with Crippen LogP contribution in [0.2, 0.25) is 0 Å². The molecule has 2 rings (SSSR count). The number of amides is 1. The fourth-order valence-electron chi connectivity index (χ4n) is 1.94. The molecule has 2 N–H and O–H groups in total. The monoisotopic (exact) mass is 302 g/mol. The molecule has 1 heterocycles. The summed E-state index contributed by atoms with van der Waals surface area (Å²) in [6.45, 7) is 1.97. The van der Waals surface area contributed by atoms with E-state index >= 15 is 0 Å². The Morgan fingerprint density at radius 3 is 2.50 bits per heavy atom. The number of rotatable bonds is 5. The number of aryl methyl sites for hydroxylation is 2. The fraction of sp³-hybridized carbons (Fsp3) is 0.267. The third-order valence-corrected chi connectivity index (χ3v) is 3.03. The fourth-order valence-corrected chi connectivity index (χ4v) is 1.94. The molecule has 0 fully saturated rings. The molecule has 0 atom stereocenters. The summed E-state index contributed by atoms with van der Waals surface area (Å²) in [6.07, 6.45) is 0. The molecule has 2 aromatic rings. The minimum Gasteiger partial charge on any atom is -0.465 e. The van der Waals surface area contributed by atoms with Crippen molar-refractivity contribution in [3.8, 4) is 0 Å². The molecule has 0 unspecified atom stereocenters. The van der Waals surface area contributed by atoms with E-state index in [-0.39, 0.29) is 12.5 Å². The van der Waals surface area contributed by atoms with Crippen molar-refractivity contribution in [2.45, 2.75) is 6.92 Å². The maximum Gasteiger partial charge on any atom is 0.337 e. The Balaban J connectivity index is 1.88. The zero-order chi connectivity index (χ0) is 16.1. The Morgan fingerprint density at radius 1 is 1.27 bits per heavy atom.